The number of rotatable bonds is 3. The Kier molecular flexibility index (Phi) is 5.05. The summed E-state index contributed by atoms with van der Waals surface area (Å²) in [5.74, 6) is -0.307. The largest absolute Gasteiger partial charge is 0.318 e. The van der Waals surface area contributed by atoms with Crippen LogP contribution < -0.4 is 0 Å². The van der Waals surface area contributed by atoms with Crippen LogP contribution in [0.5, 0.6) is 0 Å². The Morgan fingerprint density at radius 1 is 1.08 bits per heavy atom. The maximum atomic E-state index is 13.1. The Balaban J connectivity index is 2.06. The van der Waals surface area contributed by atoms with Gasteiger partial charge in [0.1, 0.15) is 5.82 Å². The Labute approximate surface area is 160 Å². The van der Waals surface area contributed by atoms with Crippen LogP contribution in [0.3, 0.4) is 0 Å². The highest BCUT2D eigenvalue weighted by Crippen LogP contribution is 2.25. The van der Waals surface area contributed by atoms with Crippen molar-refractivity contribution in [3.63, 3.8) is 0 Å². The van der Waals surface area contributed by atoms with Gasteiger partial charge >= 0.3 is 0 Å². The van der Waals surface area contributed by atoms with E-state index in [1.165, 1.54) is 15.7 Å². The summed E-state index contributed by atoms with van der Waals surface area (Å²) in [6.07, 6.45) is 1.86. The second-order valence-corrected chi connectivity index (χ2v) is 7.06. The van der Waals surface area contributed by atoms with Gasteiger partial charge in [0.05, 0.1) is 11.6 Å². The van der Waals surface area contributed by atoms with Crippen molar-refractivity contribution >= 4 is 34.2 Å². The first-order valence-electron chi connectivity index (χ1n) is 7.82. The lowest BCUT2D eigenvalue weighted by atomic mass is 10.0. The minimum absolute atomic E-state index is 0.307. The molecule has 0 aliphatic rings. The molecule has 4 heteroatoms. The van der Waals surface area contributed by atoms with Crippen molar-refractivity contribution in [1.29, 1.82) is 5.26 Å². The number of halogens is 2. The van der Waals surface area contributed by atoms with Crippen molar-refractivity contribution in [1.82, 2.24) is 4.57 Å². The average molecular weight is 442 g/mol. The van der Waals surface area contributed by atoms with Gasteiger partial charge in [-0.1, -0.05) is 12.1 Å². The van der Waals surface area contributed by atoms with Gasteiger partial charge in [0, 0.05) is 20.6 Å². The Bertz CT molecular complexity index is 974. The first-order chi connectivity index (χ1) is 12.0. The average Bonchev–Trinajstić information content (AvgIpc) is 2.88. The number of benzene rings is 2. The van der Waals surface area contributed by atoms with E-state index in [2.05, 4.69) is 63.6 Å². The molecule has 1 aromatic heterocycles. The quantitative estimate of drug-likeness (QED) is 0.367. The van der Waals surface area contributed by atoms with Crippen LogP contribution in [-0.2, 0) is 0 Å². The topological polar surface area (TPSA) is 28.7 Å². The zero-order valence-corrected chi connectivity index (χ0v) is 16.1. The maximum absolute atomic E-state index is 13.1. The number of nitrogens with zero attached hydrogens (tertiary/aromatic N) is 2. The molecule has 0 radical (unpaired) electrons. The van der Waals surface area contributed by atoms with Crippen molar-refractivity contribution in [2.24, 2.45) is 0 Å². The monoisotopic (exact) mass is 442 g/mol. The minimum Gasteiger partial charge on any atom is -0.318 e. The molecule has 0 amide bonds. The van der Waals surface area contributed by atoms with Crippen molar-refractivity contribution in [2.45, 2.75) is 13.8 Å². The molecule has 1 heterocycles. The van der Waals surface area contributed by atoms with Gasteiger partial charge in [0.2, 0.25) is 0 Å². The number of hydrogen-bond acceptors (Lipinski definition) is 1. The molecule has 124 valence electrons. The summed E-state index contributed by atoms with van der Waals surface area (Å²) < 4.78 is 16.5. The van der Waals surface area contributed by atoms with Gasteiger partial charge in [-0.3, -0.25) is 0 Å². The molecular weight excluding hydrogens is 426 g/mol. The van der Waals surface area contributed by atoms with Gasteiger partial charge in [-0.15, -0.1) is 0 Å². The van der Waals surface area contributed by atoms with Gasteiger partial charge in [0.15, 0.2) is 0 Å². The summed E-state index contributed by atoms with van der Waals surface area (Å²) in [7, 11) is 0. The number of aromatic nitrogens is 1. The normalized spacial score (nSPS) is 11.4. The first-order valence-corrected chi connectivity index (χ1v) is 8.90. The van der Waals surface area contributed by atoms with Crippen molar-refractivity contribution in [2.75, 3.05) is 0 Å². The fraction of sp³-hybridized carbons (Fsp3) is 0.0952. The van der Waals surface area contributed by atoms with Crippen LogP contribution in [0, 0.1) is 34.6 Å². The number of allylic oxidation sites excluding steroid dienone is 1. The highest BCUT2D eigenvalue weighted by Gasteiger charge is 2.11. The summed E-state index contributed by atoms with van der Waals surface area (Å²) in [6.45, 7) is 4.09. The van der Waals surface area contributed by atoms with Gasteiger partial charge in [0.25, 0.3) is 0 Å². The van der Waals surface area contributed by atoms with Crippen molar-refractivity contribution in [3.8, 4) is 11.8 Å². The third kappa shape index (κ3) is 3.67. The van der Waals surface area contributed by atoms with Gasteiger partial charge in [-0.2, -0.15) is 5.26 Å². The molecular formula is C21H16FIN2. The van der Waals surface area contributed by atoms with Crippen LogP contribution in [0.1, 0.15) is 22.5 Å². The van der Waals surface area contributed by atoms with Crippen LogP contribution in [0.2, 0.25) is 0 Å². The van der Waals surface area contributed by atoms with Crippen LogP contribution in [0.25, 0.3) is 17.3 Å². The Hall–Kier alpha value is -2.39. The molecule has 0 bridgehead atoms. The molecule has 0 fully saturated rings. The highest BCUT2D eigenvalue weighted by atomic mass is 127. The Morgan fingerprint density at radius 2 is 1.72 bits per heavy atom. The molecule has 25 heavy (non-hydrogen) atoms. The van der Waals surface area contributed by atoms with Crippen LogP contribution in [0.4, 0.5) is 4.39 Å². The fourth-order valence-electron chi connectivity index (χ4n) is 2.89. The van der Waals surface area contributed by atoms with Gasteiger partial charge in [-0.25, -0.2) is 4.39 Å². The SMILES string of the molecule is Cc1cc(/C=C(/C#N)c2ccc(F)cc2)c(C)n1-c1ccc(I)cc1. The van der Waals surface area contributed by atoms with Crippen molar-refractivity contribution in [3.05, 3.63) is 86.5 Å². The summed E-state index contributed by atoms with van der Waals surface area (Å²) in [5, 5.41) is 9.50. The molecule has 0 aliphatic carbocycles. The van der Waals surface area contributed by atoms with E-state index in [-0.39, 0.29) is 5.82 Å². The van der Waals surface area contributed by atoms with Crippen LogP contribution in [0.15, 0.2) is 54.6 Å². The van der Waals surface area contributed by atoms with E-state index in [4.69, 9.17) is 0 Å². The highest BCUT2D eigenvalue weighted by molar-refractivity contribution is 14.1. The molecule has 0 spiro atoms. The van der Waals surface area contributed by atoms with E-state index in [1.54, 1.807) is 12.1 Å². The fourth-order valence-corrected chi connectivity index (χ4v) is 3.25. The minimum atomic E-state index is -0.307. The third-order valence-electron chi connectivity index (χ3n) is 4.13. The first kappa shape index (κ1) is 17.4. The summed E-state index contributed by atoms with van der Waals surface area (Å²) in [6, 6.07) is 18.6. The molecule has 2 aromatic carbocycles. The molecule has 0 aliphatic heterocycles. The lowest BCUT2D eigenvalue weighted by molar-refractivity contribution is 0.627. The van der Waals surface area contributed by atoms with Crippen LogP contribution >= 0.6 is 22.6 Å². The van der Waals surface area contributed by atoms with Gasteiger partial charge < -0.3 is 4.57 Å². The molecule has 0 atom stereocenters. The van der Waals surface area contributed by atoms with Crippen LogP contribution in [-0.4, -0.2) is 4.57 Å². The molecule has 0 saturated heterocycles. The number of nitriles is 1. The summed E-state index contributed by atoms with van der Waals surface area (Å²) in [5.41, 5.74) is 5.47. The van der Waals surface area contributed by atoms with Crippen molar-refractivity contribution < 1.29 is 4.39 Å². The number of aryl methyl sites for hydroxylation is 1. The smallest absolute Gasteiger partial charge is 0.123 e. The second kappa shape index (κ2) is 7.24. The second-order valence-electron chi connectivity index (χ2n) is 5.82. The van der Waals surface area contributed by atoms with E-state index in [0.717, 1.165) is 22.6 Å². The van der Waals surface area contributed by atoms with E-state index < -0.39 is 0 Å². The molecule has 3 rings (SSSR count). The maximum Gasteiger partial charge on any atom is 0.123 e. The van der Waals surface area contributed by atoms with E-state index in [0.29, 0.717) is 11.1 Å². The summed E-state index contributed by atoms with van der Waals surface area (Å²) in [4.78, 5) is 0. The van der Waals surface area contributed by atoms with E-state index in [9.17, 15) is 9.65 Å². The lowest BCUT2D eigenvalue weighted by Gasteiger charge is -2.09. The van der Waals surface area contributed by atoms with Gasteiger partial charge in [-0.05, 0) is 96.1 Å². The third-order valence-corrected chi connectivity index (χ3v) is 4.85. The predicted molar refractivity (Wildman–Crippen MR) is 108 cm³/mol. The standard InChI is InChI=1S/C21H16FIN2/c1-14-11-17(12-18(13-24)16-3-5-19(22)6-4-16)15(2)25(14)21-9-7-20(23)8-10-21/h3-12H,1-2H3/b18-12-. The Morgan fingerprint density at radius 3 is 2.32 bits per heavy atom. The zero-order valence-electron chi connectivity index (χ0n) is 13.9. The molecule has 2 nitrogen and oxygen atoms in total. The molecule has 3 aromatic rings. The lowest BCUT2D eigenvalue weighted by Crippen LogP contribution is -1.98. The van der Waals surface area contributed by atoms with E-state index in [1.807, 2.05) is 19.9 Å². The number of hydrogen-bond donors (Lipinski definition) is 0. The molecule has 0 N–H and O–H groups in total. The molecule has 0 unspecified atom stereocenters. The summed E-state index contributed by atoms with van der Waals surface area (Å²) >= 11 is 2.29. The predicted octanol–water partition coefficient (Wildman–Crippen LogP) is 5.90. The van der Waals surface area contributed by atoms with E-state index >= 15 is 0 Å². The molecule has 0 saturated carbocycles. The zero-order chi connectivity index (χ0) is 18.0.